The molecule has 2 saturated heterocycles. The standard InChI is InChI=1S/C16H18N2O3/c1-3-17-13(10-8-6-5-7-9-10)11-12(15(17)20)16(21)18(4-2)14(11)19/h5-9,11-13H,3-4H2,1-2H3. The van der Waals surface area contributed by atoms with Crippen LogP contribution in [-0.4, -0.2) is 40.6 Å². The summed E-state index contributed by atoms with van der Waals surface area (Å²) in [5, 5.41) is 0. The van der Waals surface area contributed by atoms with Crippen molar-refractivity contribution in [3.8, 4) is 0 Å². The van der Waals surface area contributed by atoms with Gasteiger partial charge in [0, 0.05) is 13.1 Å². The van der Waals surface area contributed by atoms with Gasteiger partial charge < -0.3 is 4.90 Å². The molecule has 3 amide bonds. The lowest BCUT2D eigenvalue weighted by Gasteiger charge is -2.27. The van der Waals surface area contributed by atoms with Crippen LogP contribution in [0.4, 0.5) is 0 Å². The Bertz CT molecular complexity index is 597. The summed E-state index contributed by atoms with van der Waals surface area (Å²) in [5.74, 6) is -2.18. The van der Waals surface area contributed by atoms with E-state index in [1.54, 1.807) is 11.8 Å². The molecule has 5 nitrogen and oxygen atoms in total. The van der Waals surface area contributed by atoms with Crippen molar-refractivity contribution in [2.75, 3.05) is 13.1 Å². The van der Waals surface area contributed by atoms with E-state index in [2.05, 4.69) is 0 Å². The lowest BCUT2D eigenvalue weighted by molar-refractivity contribution is -0.144. The van der Waals surface area contributed by atoms with Crippen LogP contribution in [-0.2, 0) is 14.4 Å². The summed E-state index contributed by atoms with van der Waals surface area (Å²) >= 11 is 0. The summed E-state index contributed by atoms with van der Waals surface area (Å²) in [6.45, 7) is 4.46. The Hall–Kier alpha value is -2.17. The molecule has 3 atom stereocenters. The summed E-state index contributed by atoms with van der Waals surface area (Å²) in [6, 6.07) is 9.17. The highest BCUT2D eigenvalue weighted by atomic mass is 16.2. The first-order valence-electron chi connectivity index (χ1n) is 7.32. The second kappa shape index (κ2) is 4.98. The number of amides is 3. The van der Waals surface area contributed by atoms with E-state index >= 15 is 0 Å². The number of benzene rings is 1. The van der Waals surface area contributed by atoms with Crippen LogP contribution in [0.15, 0.2) is 30.3 Å². The van der Waals surface area contributed by atoms with Crippen LogP contribution in [0, 0.1) is 11.8 Å². The third kappa shape index (κ3) is 1.80. The predicted molar refractivity (Wildman–Crippen MR) is 75.9 cm³/mol. The molecule has 0 spiro atoms. The molecule has 2 aliphatic rings. The number of likely N-dealkylation sites (tertiary alicyclic amines) is 2. The van der Waals surface area contributed by atoms with Crippen molar-refractivity contribution in [3.05, 3.63) is 35.9 Å². The van der Waals surface area contributed by atoms with Crippen molar-refractivity contribution >= 4 is 17.7 Å². The maximum atomic E-state index is 12.5. The second-order valence-electron chi connectivity index (χ2n) is 5.40. The first-order chi connectivity index (χ1) is 10.1. The van der Waals surface area contributed by atoms with E-state index in [0.717, 1.165) is 5.56 Å². The van der Waals surface area contributed by atoms with Crippen molar-refractivity contribution < 1.29 is 14.4 Å². The van der Waals surface area contributed by atoms with Crippen molar-refractivity contribution in [1.82, 2.24) is 9.80 Å². The Morgan fingerprint density at radius 1 is 0.905 bits per heavy atom. The first-order valence-corrected chi connectivity index (χ1v) is 7.32. The van der Waals surface area contributed by atoms with Gasteiger partial charge >= 0.3 is 0 Å². The number of imide groups is 1. The van der Waals surface area contributed by atoms with Crippen LogP contribution >= 0.6 is 0 Å². The third-order valence-corrected chi connectivity index (χ3v) is 4.47. The maximum absolute atomic E-state index is 12.5. The Labute approximate surface area is 123 Å². The van der Waals surface area contributed by atoms with E-state index < -0.39 is 11.8 Å². The molecule has 21 heavy (non-hydrogen) atoms. The summed E-state index contributed by atoms with van der Waals surface area (Å²) in [5.41, 5.74) is 0.916. The molecular weight excluding hydrogens is 268 g/mol. The minimum Gasteiger partial charge on any atom is -0.334 e. The number of rotatable bonds is 3. The highest BCUT2D eigenvalue weighted by Crippen LogP contribution is 2.46. The normalized spacial score (nSPS) is 28.5. The number of hydrogen-bond donors (Lipinski definition) is 0. The summed E-state index contributed by atoms with van der Waals surface area (Å²) in [6.07, 6.45) is 0. The number of hydrogen-bond acceptors (Lipinski definition) is 3. The van der Waals surface area contributed by atoms with Crippen molar-refractivity contribution in [2.45, 2.75) is 19.9 Å². The fraction of sp³-hybridized carbons (Fsp3) is 0.438. The van der Waals surface area contributed by atoms with Crippen LogP contribution in [0.2, 0.25) is 0 Å². The summed E-state index contributed by atoms with van der Waals surface area (Å²) in [7, 11) is 0. The SMILES string of the molecule is CCN1C(=O)C2C(=O)N(CC)C(c3ccccc3)C2C1=O. The maximum Gasteiger partial charge on any atom is 0.242 e. The summed E-state index contributed by atoms with van der Waals surface area (Å²) in [4.78, 5) is 40.3. The van der Waals surface area contributed by atoms with Crippen LogP contribution in [0.3, 0.4) is 0 Å². The molecule has 1 aromatic rings. The average molecular weight is 286 g/mol. The molecule has 0 aromatic heterocycles. The minimum atomic E-state index is -0.831. The van der Waals surface area contributed by atoms with Gasteiger partial charge in [-0.3, -0.25) is 19.3 Å². The molecule has 0 N–H and O–H groups in total. The van der Waals surface area contributed by atoms with Crippen molar-refractivity contribution in [3.63, 3.8) is 0 Å². The predicted octanol–water partition coefficient (Wildman–Crippen LogP) is 1.21. The fourth-order valence-corrected chi connectivity index (χ4v) is 3.54. The molecule has 3 unspecified atom stereocenters. The monoisotopic (exact) mass is 286 g/mol. The third-order valence-electron chi connectivity index (χ3n) is 4.47. The fourth-order valence-electron chi connectivity index (χ4n) is 3.54. The van der Waals surface area contributed by atoms with E-state index in [1.165, 1.54) is 4.90 Å². The quantitative estimate of drug-likeness (QED) is 0.620. The number of nitrogens with zero attached hydrogens (tertiary/aromatic N) is 2. The van der Waals surface area contributed by atoms with Crippen LogP contribution < -0.4 is 0 Å². The molecule has 0 bridgehead atoms. The number of carbonyl (C=O) groups is 3. The van der Waals surface area contributed by atoms with Gasteiger partial charge in [-0.1, -0.05) is 30.3 Å². The van der Waals surface area contributed by atoms with Gasteiger partial charge in [-0.25, -0.2) is 0 Å². The lowest BCUT2D eigenvalue weighted by Crippen LogP contribution is -2.39. The Morgan fingerprint density at radius 3 is 2.14 bits per heavy atom. The zero-order valence-electron chi connectivity index (χ0n) is 12.2. The molecule has 5 heteroatoms. The van der Waals surface area contributed by atoms with E-state index in [9.17, 15) is 14.4 Å². The Balaban J connectivity index is 2.08. The molecule has 2 aliphatic heterocycles. The molecule has 2 fully saturated rings. The van der Waals surface area contributed by atoms with E-state index in [4.69, 9.17) is 0 Å². The van der Waals surface area contributed by atoms with Gasteiger partial charge in [0.2, 0.25) is 17.7 Å². The van der Waals surface area contributed by atoms with Gasteiger partial charge in [0.25, 0.3) is 0 Å². The van der Waals surface area contributed by atoms with Gasteiger partial charge in [-0.2, -0.15) is 0 Å². The van der Waals surface area contributed by atoms with E-state index in [-0.39, 0.29) is 23.8 Å². The van der Waals surface area contributed by atoms with Gasteiger partial charge in [0.1, 0.15) is 5.92 Å². The minimum absolute atomic E-state index is 0.217. The molecule has 0 radical (unpaired) electrons. The highest BCUT2D eigenvalue weighted by molar-refractivity contribution is 6.17. The molecule has 110 valence electrons. The zero-order chi connectivity index (χ0) is 15.1. The molecule has 1 aromatic carbocycles. The molecule has 0 aliphatic carbocycles. The molecule has 3 rings (SSSR count). The van der Waals surface area contributed by atoms with Crippen LogP contribution in [0.1, 0.15) is 25.5 Å². The Morgan fingerprint density at radius 2 is 1.57 bits per heavy atom. The van der Waals surface area contributed by atoms with Gasteiger partial charge in [0.15, 0.2) is 0 Å². The van der Waals surface area contributed by atoms with Crippen LogP contribution in [0.5, 0.6) is 0 Å². The Kier molecular flexibility index (Phi) is 3.27. The highest BCUT2D eigenvalue weighted by Gasteiger charge is 2.61. The lowest BCUT2D eigenvalue weighted by atomic mass is 9.88. The van der Waals surface area contributed by atoms with Gasteiger partial charge in [-0.05, 0) is 19.4 Å². The molecule has 0 saturated carbocycles. The first kappa shape index (κ1) is 13.8. The largest absolute Gasteiger partial charge is 0.334 e. The zero-order valence-corrected chi connectivity index (χ0v) is 12.2. The van der Waals surface area contributed by atoms with Gasteiger partial charge in [0.05, 0.1) is 12.0 Å². The van der Waals surface area contributed by atoms with Crippen molar-refractivity contribution in [1.29, 1.82) is 0 Å². The number of fused-ring (bicyclic) bond motifs is 1. The van der Waals surface area contributed by atoms with E-state index in [1.807, 2.05) is 37.3 Å². The van der Waals surface area contributed by atoms with Crippen LogP contribution in [0.25, 0.3) is 0 Å². The topological polar surface area (TPSA) is 57.7 Å². The number of carbonyl (C=O) groups excluding carboxylic acids is 3. The van der Waals surface area contributed by atoms with E-state index in [0.29, 0.717) is 13.1 Å². The smallest absolute Gasteiger partial charge is 0.242 e. The molecular formula is C16H18N2O3. The van der Waals surface area contributed by atoms with Gasteiger partial charge in [-0.15, -0.1) is 0 Å². The van der Waals surface area contributed by atoms with Crippen molar-refractivity contribution in [2.24, 2.45) is 11.8 Å². The second-order valence-corrected chi connectivity index (χ2v) is 5.40. The average Bonchev–Trinajstić information content (AvgIpc) is 2.93. The summed E-state index contributed by atoms with van der Waals surface area (Å²) < 4.78 is 0. The molecule has 2 heterocycles.